The quantitative estimate of drug-likeness (QED) is 0.738. The van der Waals surface area contributed by atoms with Crippen molar-refractivity contribution >= 4 is 21.6 Å². The third-order valence-electron chi connectivity index (χ3n) is 3.02. The minimum absolute atomic E-state index is 0.638. The molecular weight excluding hydrogens is 334 g/mol. The molecule has 0 aliphatic carbocycles. The molecule has 7 heteroatoms. The van der Waals surface area contributed by atoms with Gasteiger partial charge in [-0.05, 0) is 62.8 Å². The standard InChI is InChI=1S/C14H12BrN5O/c1-21-13-8-11(6-7-12(13)15)20-14(17-18-19-20)9-2-4-10(16)5-3-9/h2-8H,16H2,1H3. The van der Waals surface area contributed by atoms with E-state index in [1.54, 1.807) is 11.8 Å². The Morgan fingerprint density at radius 2 is 1.90 bits per heavy atom. The van der Waals surface area contributed by atoms with Gasteiger partial charge in [0, 0.05) is 17.3 Å². The molecule has 0 spiro atoms. The molecule has 2 aromatic carbocycles. The summed E-state index contributed by atoms with van der Waals surface area (Å²) in [5.41, 5.74) is 8.10. The van der Waals surface area contributed by atoms with E-state index < -0.39 is 0 Å². The van der Waals surface area contributed by atoms with Gasteiger partial charge in [0.15, 0.2) is 5.82 Å². The molecule has 3 aromatic rings. The fourth-order valence-electron chi connectivity index (χ4n) is 1.95. The largest absolute Gasteiger partial charge is 0.495 e. The van der Waals surface area contributed by atoms with E-state index >= 15 is 0 Å². The second-order valence-electron chi connectivity index (χ2n) is 4.36. The molecule has 1 aromatic heterocycles. The van der Waals surface area contributed by atoms with Crippen LogP contribution in [0.2, 0.25) is 0 Å². The van der Waals surface area contributed by atoms with Gasteiger partial charge in [-0.2, -0.15) is 4.68 Å². The lowest BCUT2D eigenvalue weighted by molar-refractivity contribution is 0.412. The number of benzene rings is 2. The molecule has 0 saturated heterocycles. The van der Waals surface area contributed by atoms with E-state index in [9.17, 15) is 0 Å². The number of ether oxygens (including phenoxy) is 1. The normalized spacial score (nSPS) is 10.6. The Balaban J connectivity index is 2.08. The van der Waals surface area contributed by atoms with Gasteiger partial charge in [-0.1, -0.05) is 0 Å². The molecule has 2 N–H and O–H groups in total. The van der Waals surface area contributed by atoms with Crippen LogP contribution in [0.3, 0.4) is 0 Å². The molecule has 0 aliphatic rings. The first-order valence-electron chi connectivity index (χ1n) is 6.17. The second-order valence-corrected chi connectivity index (χ2v) is 5.21. The Hall–Kier alpha value is -2.41. The number of rotatable bonds is 3. The molecule has 0 fully saturated rings. The first-order chi connectivity index (χ1) is 10.2. The Bertz CT molecular complexity index is 769. The molecular formula is C14H12BrN5O. The van der Waals surface area contributed by atoms with E-state index in [2.05, 4.69) is 31.5 Å². The predicted octanol–water partition coefficient (Wildman–Crippen LogP) is 2.68. The molecule has 0 radical (unpaired) electrons. The average Bonchev–Trinajstić information content (AvgIpc) is 2.98. The van der Waals surface area contributed by atoms with Gasteiger partial charge in [-0.25, -0.2) is 0 Å². The van der Waals surface area contributed by atoms with E-state index in [-0.39, 0.29) is 0 Å². The van der Waals surface area contributed by atoms with Crippen molar-refractivity contribution in [3.63, 3.8) is 0 Å². The van der Waals surface area contributed by atoms with Gasteiger partial charge in [-0.15, -0.1) is 5.10 Å². The Kier molecular flexibility index (Phi) is 3.57. The number of aromatic nitrogens is 4. The molecule has 0 aliphatic heterocycles. The number of hydrogen-bond donors (Lipinski definition) is 1. The number of nitrogen functional groups attached to an aromatic ring is 1. The minimum Gasteiger partial charge on any atom is -0.495 e. The van der Waals surface area contributed by atoms with Crippen molar-refractivity contribution in [3.05, 3.63) is 46.9 Å². The summed E-state index contributed by atoms with van der Waals surface area (Å²) in [6, 6.07) is 13.1. The Morgan fingerprint density at radius 1 is 1.14 bits per heavy atom. The van der Waals surface area contributed by atoms with Crippen molar-refractivity contribution in [1.29, 1.82) is 0 Å². The Labute approximate surface area is 129 Å². The second kappa shape index (κ2) is 5.53. The molecule has 6 nitrogen and oxygen atoms in total. The van der Waals surface area contributed by atoms with Crippen LogP contribution in [-0.2, 0) is 0 Å². The summed E-state index contributed by atoms with van der Waals surface area (Å²) in [7, 11) is 1.62. The van der Waals surface area contributed by atoms with E-state index in [0.29, 0.717) is 17.3 Å². The highest BCUT2D eigenvalue weighted by molar-refractivity contribution is 9.10. The van der Waals surface area contributed by atoms with Gasteiger partial charge in [0.2, 0.25) is 0 Å². The topological polar surface area (TPSA) is 78.8 Å². The maximum absolute atomic E-state index is 5.70. The summed E-state index contributed by atoms with van der Waals surface area (Å²) in [6.45, 7) is 0. The van der Waals surface area contributed by atoms with Crippen LogP contribution in [0.15, 0.2) is 46.9 Å². The van der Waals surface area contributed by atoms with Crippen molar-refractivity contribution in [2.45, 2.75) is 0 Å². The van der Waals surface area contributed by atoms with Crippen LogP contribution in [-0.4, -0.2) is 27.3 Å². The lowest BCUT2D eigenvalue weighted by Gasteiger charge is -2.08. The number of hydrogen-bond acceptors (Lipinski definition) is 5. The molecule has 1 heterocycles. The zero-order valence-electron chi connectivity index (χ0n) is 11.2. The summed E-state index contributed by atoms with van der Waals surface area (Å²) in [6.07, 6.45) is 0. The maximum Gasteiger partial charge on any atom is 0.187 e. The van der Waals surface area contributed by atoms with Crippen molar-refractivity contribution < 1.29 is 4.74 Å². The van der Waals surface area contributed by atoms with Crippen LogP contribution in [0.4, 0.5) is 5.69 Å². The van der Waals surface area contributed by atoms with Crippen LogP contribution in [0.25, 0.3) is 17.1 Å². The van der Waals surface area contributed by atoms with Crippen LogP contribution in [0.1, 0.15) is 0 Å². The third-order valence-corrected chi connectivity index (χ3v) is 3.67. The fraction of sp³-hybridized carbons (Fsp3) is 0.0714. The first-order valence-corrected chi connectivity index (χ1v) is 6.96. The van der Waals surface area contributed by atoms with Crippen LogP contribution < -0.4 is 10.5 Å². The zero-order chi connectivity index (χ0) is 14.8. The monoisotopic (exact) mass is 345 g/mol. The van der Waals surface area contributed by atoms with Crippen molar-refractivity contribution in [3.8, 4) is 22.8 Å². The number of methoxy groups -OCH3 is 1. The average molecular weight is 346 g/mol. The van der Waals surface area contributed by atoms with Gasteiger partial charge in [0.25, 0.3) is 0 Å². The highest BCUT2D eigenvalue weighted by atomic mass is 79.9. The number of tetrazole rings is 1. The summed E-state index contributed by atoms with van der Waals surface area (Å²) in [5.74, 6) is 1.35. The summed E-state index contributed by atoms with van der Waals surface area (Å²) < 4.78 is 7.82. The SMILES string of the molecule is COc1cc(-n2nnnc2-c2ccc(N)cc2)ccc1Br. The van der Waals surface area contributed by atoms with Gasteiger partial charge in [0.1, 0.15) is 5.75 Å². The molecule has 0 saturated carbocycles. The van der Waals surface area contributed by atoms with Crippen LogP contribution in [0, 0.1) is 0 Å². The third kappa shape index (κ3) is 2.59. The molecule has 0 bridgehead atoms. The Morgan fingerprint density at radius 3 is 2.62 bits per heavy atom. The summed E-state index contributed by atoms with van der Waals surface area (Å²) in [4.78, 5) is 0. The maximum atomic E-state index is 5.70. The number of anilines is 1. The molecule has 3 rings (SSSR count). The first kappa shape index (κ1) is 13.6. The van der Waals surface area contributed by atoms with Crippen molar-refractivity contribution in [1.82, 2.24) is 20.2 Å². The van der Waals surface area contributed by atoms with E-state index in [1.165, 1.54) is 0 Å². The minimum atomic E-state index is 0.638. The molecule has 0 atom stereocenters. The lowest BCUT2D eigenvalue weighted by Crippen LogP contribution is -2.00. The predicted molar refractivity (Wildman–Crippen MR) is 83.3 cm³/mol. The van der Waals surface area contributed by atoms with Gasteiger partial charge in [0.05, 0.1) is 17.3 Å². The van der Waals surface area contributed by atoms with E-state index in [4.69, 9.17) is 10.5 Å². The van der Waals surface area contributed by atoms with Crippen molar-refractivity contribution in [2.24, 2.45) is 0 Å². The summed E-state index contributed by atoms with van der Waals surface area (Å²) >= 11 is 3.43. The summed E-state index contributed by atoms with van der Waals surface area (Å²) in [5, 5.41) is 11.9. The smallest absolute Gasteiger partial charge is 0.187 e. The van der Waals surface area contributed by atoms with Crippen molar-refractivity contribution in [2.75, 3.05) is 12.8 Å². The molecule has 106 valence electrons. The highest BCUT2D eigenvalue weighted by Crippen LogP contribution is 2.28. The number of halogens is 1. The fourth-order valence-corrected chi connectivity index (χ4v) is 2.36. The zero-order valence-corrected chi connectivity index (χ0v) is 12.8. The van der Waals surface area contributed by atoms with E-state index in [0.717, 1.165) is 15.7 Å². The number of nitrogens with zero attached hydrogens (tertiary/aromatic N) is 4. The van der Waals surface area contributed by atoms with Crippen LogP contribution >= 0.6 is 15.9 Å². The van der Waals surface area contributed by atoms with Gasteiger partial charge >= 0.3 is 0 Å². The van der Waals surface area contributed by atoms with Gasteiger partial charge < -0.3 is 10.5 Å². The molecule has 0 amide bonds. The van der Waals surface area contributed by atoms with E-state index in [1.807, 2.05) is 42.5 Å². The highest BCUT2D eigenvalue weighted by Gasteiger charge is 2.12. The number of nitrogens with two attached hydrogens (primary N) is 1. The molecule has 0 unspecified atom stereocenters. The molecule has 21 heavy (non-hydrogen) atoms. The lowest BCUT2D eigenvalue weighted by atomic mass is 10.2. The van der Waals surface area contributed by atoms with Crippen LogP contribution in [0.5, 0.6) is 5.75 Å². The van der Waals surface area contributed by atoms with Gasteiger partial charge in [-0.3, -0.25) is 0 Å².